The van der Waals surface area contributed by atoms with Crippen LogP contribution in [0.2, 0.25) is 0 Å². The highest BCUT2D eigenvalue weighted by Crippen LogP contribution is 2.25. The molecule has 2 nitrogen and oxygen atoms in total. The highest BCUT2D eigenvalue weighted by Gasteiger charge is 2.30. The van der Waals surface area contributed by atoms with Gasteiger partial charge >= 0.3 is 0 Å². The molecule has 0 aliphatic heterocycles. The summed E-state index contributed by atoms with van der Waals surface area (Å²) in [6.07, 6.45) is 5.38. The Labute approximate surface area is 85.7 Å². The zero-order valence-corrected chi connectivity index (χ0v) is 9.68. The standard InChI is InChI=1S/C10H21NOS/c1-8(7-13-3)11(2)9-5-4-6-10(9)12/h8-10,12H,4-7H2,1-3H3/t8?,9-,10-/m1/s1. The van der Waals surface area contributed by atoms with E-state index in [9.17, 15) is 5.11 Å². The predicted octanol–water partition coefficient (Wildman–Crippen LogP) is 1.58. The summed E-state index contributed by atoms with van der Waals surface area (Å²) in [6, 6.07) is 0.981. The van der Waals surface area contributed by atoms with Crippen LogP contribution < -0.4 is 0 Å². The van der Waals surface area contributed by atoms with E-state index in [4.69, 9.17) is 0 Å². The van der Waals surface area contributed by atoms with Gasteiger partial charge in [-0.25, -0.2) is 0 Å². The second kappa shape index (κ2) is 5.23. The lowest BCUT2D eigenvalue weighted by atomic mass is 10.1. The molecule has 0 aromatic rings. The van der Waals surface area contributed by atoms with Crippen LogP contribution in [-0.4, -0.2) is 47.3 Å². The maximum atomic E-state index is 9.73. The normalized spacial score (nSPS) is 31.2. The van der Waals surface area contributed by atoms with Gasteiger partial charge < -0.3 is 5.11 Å². The van der Waals surface area contributed by atoms with Crippen molar-refractivity contribution >= 4 is 11.8 Å². The molecule has 0 aromatic heterocycles. The Kier molecular flexibility index (Phi) is 4.56. The van der Waals surface area contributed by atoms with Crippen molar-refractivity contribution < 1.29 is 5.11 Å². The van der Waals surface area contributed by atoms with E-state index in [0.717, 1.165) is 18.6 Å². The Bertz CT molecular complexity index is 154. The van der Waals surface area contributed by atoms with Crippen molar-refractivity contribution in [2.45, 2.75) is 44.4 Å². The van der Waals surface area contributed by atoms with Gasteiger partial charge in [-0.2, -0.15) is 11.8 Å². The Hall–Kier alpha value is 0.270. The van der Waals surface area contributed by atoms with Gasteiger partial charge in [-0.15, -0.1) is 0 Å². The fraction of sp³-hybridized carbons (Fsp3) is 1.00. The van der Waals surface area contributed by atoms with Crippen LogP contribution in [0.1, 0.15) is 26.2 Å². The zero-order chi connectivity index (χ0) is 9.84. The van der Waals surface area contributed by atoms with Gasteiger partial charge in [0.1, 0.15) is 0 Å². The lowest BCUT2D eigenvalue weighted by Gasteiger charge is -2.32. The number of likely N-dealkylation sites (N-methyl/N-ethyl adjacent to an activating group) is 1. The largest absolute Gasteiger partial charge is 0.391 e. The van der Waals surface area contributed by atoms with Gasteiger partial charge in [0, 0.05) is 17.8 Å². The predicted molar refractivity (Wildman–Crippen MR) is 59.3 cm³/mol. The molecule has 78 valence electrons. The Morgan fingerprint density at radius 1 is 1.54 bits per heavy atom. The van der Waals surface area contributed by atoms with Crippen molar-refractivity contribution in [2.75, 3.05) is 19.1 Å². The number of nitrogens with zero attached hydrogens (tertiary/aromatic N) is 1. The second-order valence-electron chi connectivity index (χ2n) is 4.04. The van der Waals surface area contributed by atoms with Crippen LogP contribution >= 0.6 is 11.8 Å². The molecule has 3 atom stereocenters. The van der Waals surface area contributed by atoms with Crippen molar-refractivity contribution in [1.29, 1.82) is 0 Å². The lowest BCUT2D eigenvalue weighted by Crippen LogP contribution is -2.43. The van der Waals surface area contributed by atoms with E-state index in [0.29, 0.717) is 12.1 Å². The first-order valence-corrected chi connectivity index (χ1v) is 6.45. The average Bonchev–Trinajstić information content (AvgIpc) is 2.50. The summed E-state index contributed by atoms with van der Waals surface area (Å²) in [5, 5.41) is 9.73. The molecule has 0 saturated heterocycles. The second-order valence-corrected chi connectivity index (χ2v) is 4.95. The van der Waals surface area contributed by atoms with E-state index in [1.54, 1.807) is 0 Å². The summed E-state index contributed by atoms with van der Waals surface area (Å²) in [5.74, 6) is 1.15. The van der Waals surface area contributed by atoms with Crippen LogP contribution in [0.5, 0.6) is 0 Å². The van der Waals surface area contributed by atoms with Crippen molar-refractivity contribution in [3.05, 3.63) is 0 Å². The number of hydrogen-bond acceptors (Lipinski definition) is 3. The van der Waals surface area contributed by atoms with E-state index in [1.165, 1.54) is 6.42 Å². The molecule has 0 radical (unpaired) electrons. The van der Waals surface area contributed by atoms with Crippen molar-refractivity contribution in [1.82, 2.24) is 4.90 Å². The molecule has 1 N–H and O–H groups in total. The number of aliphatic hydroxyl groups is 1. The third-order valence-electron chi connectivity index (χ3n) is 3.07. The van der Waals surface area contributed by atoms with Gasteiger partial charge in [0.15, 0.2) is 0 Å². The van der Waals surface area contributed by atoms with Crippen LogP contribution in [-0.2, 0) is 0 Å². The molecule has 1 fully saturated rings. The molecule has 1 aliphatic carbocycles. The average molecular weight is 203 g/mol. The number of thioether (sulfide) groups is 1. The summed E-state index contributed by atoms with van der Waals surface area (Å²) < 4.78 is 0. The molecule has 1 unspecified atom stereocenters. The van der Waals surface area contributed by atoms with Crippen LogP contribution in [0.4, 0.5) is 0 Å². The topological polar surface area (TPSA) is 23.5 Å². The molecule has 3 heteroatoms. The van der Waals surface area contributed by atoms with Gasteiger partial charge in [-0.3, -0.25) is 4.90 Å². The van der Waals surface area contributed by atoms with E-state index >= 15 is 0 Å². The molecule has 1 rings (SSSR count). The quantitative estimate of drug-likeness (QED) is 0.750. The number of rotatable bonds is 4. The van der Waals surface area contributed by atoms with Crippen LogP contribution in [0.3, 0.4) is 0 Å². The molecule has 0 bridgehead atoms. The summed E-state index contributed by atoms with van der Waals surface area (Å²) in [7, 11) is 2.14. The number of aliphatic hydroxyl groups excluding tert-OH is 1. The first-order valence-electron chi connectivity index (χ1n) is 5.05. The van der Waals surface area contributed by atoms with Gasteiger partial charge in [-0.05, 0) is 39.5 Å². The highest BCUT2D eigenvalue weighted by molar-refractivity contribution is 7.98. The highest BCUT2D eigenvalue weighted by atomic mass is 32.2. The molecule has 0 aromatic carbocycles. The Morgan fingerprint density at radius 2 is 2.23 bits per heavy atom. The minimum absolute atomic E-state index is 0.0886. The van der Waals surface area contributed by atoms with E-state index in [2.05, 4.69) is 25.1 Å². The minimum Gasteiger partial charge on any atom is -0.391 e. The Balaban J connectivity index is 2.40. The third-order valence-corrected chi connectivity index (χ3v) is 3.89. The molecule has 13 heavy (non-hydrogen) atoms. The smallest absolute Gasteiger partial charge is 0.0695 e. The van der Waals surface area contributed by atoms with Crippen molar-refractivity contribution in [2.24, 2.45) is 0 Å². The molecular weight excluding hydrogens is 182 g/mol. The zero-order valence-electron chi connectivity index (χ0n) is 8.86. The maximum Gasteiger partial charge on any atom is 0.0695 e. The van der Waals surface area contributed by atoms with Crippen LogP contribution in [0.25, 0.3) is 0 Å². The molecule has 0 amide bonds. The summed E-state index contributed by atoms with van der Waals surface area (Å²) in [4.78, 5) is 2.34. The molecule has 1 aliphatic rings. The molecule has 0 spiro atoms. The van der Waals surface area contributed by atoms with Gasteiger partial charge in [0.2, 0.25) is 0 Å². The van der Waals surface area contributed by atoms with Crippen molar-refractivity contribution in [3.8, 4) is 0 Å². The van der Waals surface area contributed by atoms with Crippen LogP contribution in [0.15, 0.2) is 0 Å². The maximum absolute atomic E-state index is 9.73. The van der Waals surface area contributed by atoms with Crippen molar-refractivity contribution in [3.63, 3.8) is 0 Å². The van der Waals surface area contributed by atoms with Crippen LogP contribution in [0, 0.1) is 0 Å². The molecule has 1 saturated carbocycles. The fourth-order valence-electron chi connectivity index (χ4n) is 2.08. The summed E-state index contributed by atoms with van der Waals surface area (Å²) >= 11 is 1.87. The van der Waals surface area contributed by atoms with E-state index < -0.39 is 0 Å². The van der Waals surface area contributed by atoms with Gasteiger partial charge in [0.25, 0.3) is 0 Å². The first-order chi connectivity index (χ1) is 6.16. The molecule has 0 heterocycles. The number of hydrogen-bond donors (Lipinski definition) is 1. The lowest BCUT2D eigenvalue weighted by molar-refractivity contribution is 0.0710. The summed E-state index contributed by atoms with van der Waals surface area (Å²) in [5.41, 5.74) is 0. The summed E-state index contributed by atoms with van der Waals surface area (Å²) in [6.45, 7) is 2.24. The first kappa shape index (κ1) is 11.3. The minimum atomic E-state index is -0.0886. The fourth-order valence-corrected chi connectivity index (χ4v) is 2.80. The molecular formula is C10H21NOS. The third kappa shape index (κ3) is 2.86. The van der Waals surface area contributed by atoms with Gasteiger partial charge in [0.05, 0.1) is 6.10 Å². The SMILES string of the molecule is CSCC(C)N(C)[C@@H]1CCC[C@H]1O. The van der Waals surface area contributed by atoms with E-state index in [1.807, 2.05) is 11.8 Å². The van der Waals surface area contributed by atoms with E-state index in [-0.39, 0.29) is 6.10 Å². The Morgan fingerprint density at radius 3 is 2.69 bits per heavy atom. The monoisotopic (exact) mass is 203 g/mol. The van der Waals surface area contributed by atoms with Gasteiger partial charge in [-0.1, -0.05) is 0 Å².